The molecule has 142 valence electrons. The van der Waals surface area contributed by atoms with Crippen LogP contribution < -0.4 is 5.32 Å². The van der Waals surface area contributed by atoms with E-state index in [-0.39, 0.29) is 5.91 Å². The van der Waals surface area contributed by atoms with E-state index >= 15 is 0 Å². The lowest BCUT2D eigenvalue weighted by atomic mass is 10.1. The molecule has 2 heterocycles. The highest BCUT2D eigenvalue weighted by Crippen LogP contribution is 2.27. The molecule has 0 bridgehead atoms. The summed E-state index contributed by atoms with van der Waals surface area (Å²) in [7, 11) is 0. The molecule has 2 aromatic carbocycles. The van der Waals surface area contributed by atoms with Gasteiger partial charge in [-0.2, -0.15) is 0 Å². The van der Waals surface area contributed by atoms with Gasteiger partial charge in [-0.3, -0.25) is 9.20 Å². The molecule has 4 nitrogen and oxygen atoms in total. The molecule has 0 atom stereocenters. The third-order valence-corrected chi connectivity index (χ3v) is 6.02. The molecule has 4 aromatic rings. The van der Waals surface area contributed by atoms with E-state index in [0.717, 1.165) is 34.0 Å². The van der Waals surface area contributed by atoms with E-state index in [1.165, 1.54) is 29.7 Å². The van der Waals surface area contributed by atoms with E-state index in [4.69, 9.17) is 4.98 Å². The largest absolute Gasteiger partial charge is 0.321 e. The monoisotopic (exact) mass is 389 g/mol. The molecule has 1 amide bonds. The van der Waals surface area contributed by atoms with Crippen LogP contribution in [0.25, 0.3) is 16.2 Å². The van der Waals surface area contributed by atoms with Gasteiger partial charge in [0, 0.05) is 23.1 Å². The van der Waals surface area contributed by atoms with Gasteiger partial charge >= 0.3 is 0 Å². The first-order valence-electron chi connectivity index (χ1n) is 9.60. The number of carbonyl (C=O) groups is 1. The van der Waals surface area contributed by atoms with Crippen LogP contribution in [0.3, 0.4) is 0 Å². The van der Waals surface area contributed by atoms with E-state index in [2.05, 4.69) is 24.4 Å². The van der Waals surface area contributed by atoms with E-state index in [1.807, 2.05) is 60.0 Å². The fourth-order valence-corrected chi connectivity index (χ4v) is 4.24. The number of rotatable bonds is 6. The topological polar surface area (TPSA) is 46.4 Å². The minimum absolute atomic E-state index is 0.0874. The molecule has 2 aromatic heterocycles. The zero-order valence-electron chi connectivity index (χ0n) is 16.1. The summed E-state index contributed by atoms with van der Waals surface area (Å²) in [6.07, 6.45) is 5.44. The lowest BCUT2D eigenvalue weighted by Gasteiger charge is -2.06. The Morgan fingerprint density at radius 3 is 2.54 bits per heavy atom. The van der Waals surface area contributed by atoms with Crippen molar-refractivity contribution >= 4 is 27.9 Å². The zero-order chi connectivity index (χ0) is 19.5. The molecular weight excluding hydrogens is 366 g/mol. The fourth-order valence-electron chi connectivity index (χ4n) is 3.23. The number of aromatic nitrogens is 2. The van der Waals surface area contributed by atoms with Crippen LogP contribution >= 0.6 is 11.3 Å². The van der Waals surface area contributed by atoms with Gasteiger partial charge in [-0.1, -0.05) is 67.1 Å². The molecule has 0 aliphatic carbocycles. The van der Waals surface area contributed by atoms with Crippen LogP contribution in [0.1, 0.15) is 40.7 Å². The minimum atomic E-state index is -0.0874. The van der Waals surface area contributed by atoms with Crippen molar-refractivity contribution < 1.29 is 4.79 Å². The summed E-state index contributed by atoms with van der Waals surface area (Å²) in [5.74, 6) is -0.0874. The van der Waals surface area contributed by atoms with Gasteiger partial charge < -0.3 is 5.32 Å². The molecule has 1 N–H and O–H groups in total. The predicted octanol–water partition coefficient (Wildman–Crippen LogP) is 5.97. The molecule has 4 rings (SSSR count). The van der Waals surface area contributed by atoms with Crippen molar-refractivity contribution in [3.63, 3.8) is 0 Å². The number of aryl methyl sites for hydroxylation is 2. The number of imidazole rings is 1. The number of hydrogen-bond acceptors (Lipinski definition) is 3. The Bertz CT molecular complexity index is 1090. The number of unbranched alkanes of at least 4 members (excludes halogenated alkanes) is 1. The molecule has 0 radical (unpaired) electrons. The molecule has 5 heteroatoms. The van der Waals surface area contributed by atoms with Crippen LogP contribution in [0, 0.1) is 6.92 Å². The average molecular weight is 390 g/mol. The van der Waals surface area contributed by atoms with Gasteiger partial charge in [0.2, 0.25) is 0 Å². The summed E-state index contributed by atoms with van der Waals surface area (Å²) in [4.78, 5) is 19.0. The number of amides is 1. The van der Waals surface area contributed by atoms with E-state index in [1.54, 1.807) is 0 Å². The number of carbonyl (C=O) groups excluding carboxylic acids is 1. The number of nitrogens with one attached hydrogen (secondary N) is 1. The third kappa shape index (κ3) is 3.71. The quantitative estimate of drug-likeness (QED) is 0.442. The number of anilines is 1. The first-order chi connectivity index (χ1) is 13.7. The van der Waals surface area contributed by atoms with Crippen LogP contribution in [-0.2, 0) is 6.42 Å². The van der Waals surface area contributed by atoms with Crippen molar-refractivity contribution in [1.82, 2.24) is 9.38 Å². The first-order valence-corrected chi connectivity index (χ1v) is 10.4. The van der Waals surface area contributed by atoms with Crippen LogP contribution in [0.2, 0.25) is 0 Å². The van der Waals surface area contributed by atoms with Crippen molar-refractivity contribution in [3.05, 3.63) is 76.9 Å². The van der Waals surface area contributed by atoms with Crippen LogP contribution in [-0.4, -0.2) is 15.3 Å². The highest BCUT2D eigenvalue weighted by molar-refractivity contribution is 7.19. The van der Waals surface area contributed by atoms with Gasteiger partial charge in [0.25, 0.3) is 5.91 Å². The Labute approximate surface area is 168 Å². The molecule has 0 aliphatic rings. The van der Waals surface area contributed by atoms with Gasteiger partial charge in [-0.15, -0.1) is 0 Å². The number of nitrogens with zero attached hydrogens (tertiary/aromatic N) is 2. The summed E-state index contributed by atoms with van der Waals surface area (Å²) in [5, 5.41) is 3.01. The van der Waals surface area contributed by atoms with Gasteiger partial charge in [-0.05, 0) is 37.5 Å². The Morgan fingerprint density at radius 1 is 1.11 bits per heavy atom. The van der Waals surface area contributed by atoms with E-state index < -0.39 is 0 Å². The normalized spacial score (nSPS) is 11.1. The van der Waals surface area contributed by atoms with Crippen molar-refractivity contribution in [2.24, 2.45) is 0 Å². The molecule has 0 aliphatic heterocycles. The Morgan fingerprint density at radius 2 is 1.86 bits per heavy atom. The molecule has 28 heavy (non-hydrogen) atoms. The second-order valence-electron chi connectivity index (χ2n) is 6.92. The van der Waals surface area contributed by atoms with Crippen molar-refractivity contribution in [2.45, 2.75) is 33.1 Å². The Balaban J connectivity index is 1.53. The van der Waals surface area contributed by atoms with Gasteiger partial charge in [0.15, 0.2) is 4.96 Å². The minimum Gasteiger partial charge on any atom is -0.321 e. The van der Waals surface area contributed by atoms with Crippen LogP contribution in [0.15, 0.2) is 60.8 Å². The predicted molar refractivity (Wildman–Crippen MR) is 116 cm³/mol. The molecule has 0 spiro atoms. The Kier molecular flexibility index (Phi) is 5.26. The van der Waals surface area contributed by atoms with Crippen LogP contribution in [0.4, 0.5) is 5.69 Å². The second-order valence-corrected chi connectivity index (χ2v) is 7.89. The standard InChI is InChI=1S/C23H23N3OS/c1-3-4-8-17-11-13-19(14-12-17)24-22(27)21-16(2)26-15-20(25-23(26)28-21)18-9-6-5-7-10-18/h5-7,9-15H,3-4,8H2,1-2H3,(H,24,27). The molecular formula is C23H23N3OS. The lowest BCUT2D eigenvalue weighted by molar-refractivity contribution is 0.102. The highest BCUT2D eigenvalue weighted by Gasteiger charge is 2.18. The molecule has 0 fully saturated rings. The number of hydrogen-bond donors (Lipinski definition) is 1. The summed E-state index contributed by atoms with van der Waals surface area (Å²) < 4.78 is 2.00. The summed E-state index contributed by atoms with van der Waals surface area (Å²) in [6, 6.07) is 18.2. The van der Waals surface area contributed by atoms with Crippen LogP contribution in [0.5, 0.6) is 0 Å². The maximum Gasteiger partial charge on any atom is 0.267 e. The maximum atomic E-state index is 12.8. The average Bonchev–Trinajstić information content (AvgIpc) is 3.28. The zero-order valence-corrected chi connectivity index (χ0v) is 16.9. The van der Waals surface area contributed by atoms with Gasteiger partial charge in [0.05, 0.1) is 5.69 Å². The molecule has 0 saturated heterocycles. The lowest BCUT2D eigenvalue weighted by Crippen LogP contribution is -2.11. The SMILES string of the molecule is CCCCc1ccc(NC(=O)c2sc3nc(-c4ccccc4)cn3c2C)cc1. The number of fused-ring (bicyclic) bond motifs is 1. The second kappa shape index (κ2) is 7.98. The maximum absolute atomic E-state index is 12.8. The summed E-state index contributed by atoms with van der Waals surface area (Å²) >= 11 is 1.42. The fraction of sp³-hybridized carbons (Fsp3) is 0.217. The van der Waals surface area contributed by atoms with Gasteiger partial charge in [0.1, 0.15) is 4.88 Å². The van der Waals surface area contributed by atoms with Crippen molar-refractivity contribution in [3.8, 4) is 11.3 Å². The molecule has 0 unspecified atom stereocenters. The van der Waals surface area contributed by atoms with Crippen molar-refractivity contribution in [1.29, 1.82) is 0 Å². The number of benzene rings is 2. The summed E-state index contributed by atoms with van der Waals surface area (Å²) in [6.45, 7) is 4.15. The highest BCUT2D eigenvalue weighted by atomic mass is 32.1. The van der Waals surface area contributed by atoms with Gasteiger partial charge in [-0.25, -0.2) is 4.98 Å². The smallest absolute Gasteiger partial charge is 0.267 e. The van der Waals surface area contributed by atoms with E-state index in [0.29, 0.717) is 4.88 Å². The third-order valence-electron chi connectivity index (χ3n) is 4.86. The first kappa shape index (κ1) is 18.4. The van der Waals surface area contributed by atoms with E-state index in [9.17, 15) is 4.79 Å². The Hall–Kier alpha value is -2.92. The number of thiazole rings is 1. The molecule has 0 saturated carbocycles. The van der Waals surface area contributed by atoms with Crippen molar-refractivity contribution in [2.75, 3.05) is 5.32 Å². The summed E-state index contributed by atoms with van der Waals surface area (Å²) in [5.41, 5.74) is 5.03.